The number of benzene rings is 1. The molecule has 0 spiro atoms. The van der Waals surface area contributed by atoms with Gasteiger partial charge in [-0.2, -0.15) is 0 Å². The van der Waals surface area contributed by atoms with Gasteiger partial charge in [-0.1, -0.05) is 22.0 Å². The molecule has 0 aliphatic rings. The van der Waals surface area contributed by atoms with Crippen molar-refractivity contribution >= 4 is 21.9 Å². The lowest BCUT2D eigenvalue weighted by Crippen LogP contribution is -2.32. The van der Waals surface area contributed by atoms with Crippen LogP contribution in [0, 0.1) is 0 Å². The van der Waals surface area contributed by atoms with Gasteiger partial charge in [0.25, 0.3) is 0 Å². The van der Waals surface area contributed by atoms with E-state index in [9.17, 15) is 9.90 Å². The van der Waals surface area contributed by atoms with Crippen LogP contribution in [0.4, 0.5) is 0 Å². The molecule has 14 heavy (non-hydrogen) atoms. The lowest BCUT2D eigenvalue weighted by molar-refractivity contribution is -0.138. The fourth-order valence-electron chi connectivity index (χ4n) is 1.03. The zero-order valence-corrected chi connectivity index (χ0v) is 8.86. The molecule has 1 rings (SSSR count). The van der Waals surface area contributed by atoms with Crippen LogP contribution in [0.25, 0.3) is 0 Å². The second-order valence-electron chi connectivity index (χ2n) is 2.92. The third kappa shape index (κ3) is 2.71. The first-order valence-electron chi connectivity index (χ1n) is 3.96. The second-order valence-corrected chi connectivity index (χ2v) is 3.84. The molecular weight excluding hydrogens is 250 g/mol. The molecular formula is C9H10BrNO3. The van der Waals surface area contributed by atoms with E-state index in [2.05, 4.69) is 15.9 Å². The molecule has 76 valence electrons. The Morgan fingerprint density at radius 1 is 1.57 bits per heavy atom. The van der Waals surface area contributed by atoms with Gasteiger partial charge in [0.1, 0.15) is 11.8 Å². The summed E-state index contributed by atoms with van der Waals surface area (Å²) >= 11 is 3.18. The largest absolute Gasteiger partial charge is 0.508 e. The van der Waals surface area contributed by atoms with E-state index in [4.69, 9.17) is 10.8 Å². The average Bonchev–Trinajstić information content (AvgIpc) is 2.09. The van der Waals surface area contributed by atoms with Crippen LogP contribution in [0.5, 0.6) is 5.75 Å². The molecule has 0 aliphatic carbocycles. The minimum atomic E-state index is -1.08. The molecule has 0 saturated carbocycles. The third-order valence-electron chi connectivity index (χ3n) is 1.80. The van der Waals surface area contributed by atoms with Crippen molar-refractivity contribution in [2.24, 2.45) is 5.73 Å². The zero-order valence-electron chi connectivity index (χ0n) is 7.27. The minimum absolute atomic E-state index is 0.0519. The van der Waals surface area contributed by atoms with Gasteiger partial charge in [0, 0.05) is 10.9 Å². The maximum Gasteiger partial charge on any atom is 0.320 e. The Morgan fingerprint density at radius 3 is 2.71 bits per heavy atom. The highest BCUT2D eigenvalue weighted by Crippen LogP contribution is 2.23. The van der Waals surface area contributed by atoms with Gasteiger partial charge in [-0.05, 0) is 17.7 Å². The number of aliphatic carboxylic acids is 1. The van der Waals surface area contributed by atoms with Crippen LogP contribution in [-0.4, -0.2) is 22.2 Å². The van der Waals surface area contributed by atoms with Crippen molar-refractivity contribution in [2.45, 2.75) is 12.5 Å². The Bertz CT molecular complexity index is 354. The molecule has 1 unspecified atom stereocenters. The molecule has 0 aliphatic heterocycles. The maximum absolute atomic E-state index is 10.5. The highest BCUT2D eigenvalue weighted by atomic mass is 79.9. The summed E-state index contributed by atoms with van der Waals surface area (Å²) in [5.74, 6) is -1.02. The van der Waals surface area contributed by atoms with Crippen LogP contribution in [0.2, 0.25) is 0 Å². The van der Waals surface area contributed by atoms with Crippen molar-refractivity contribution in [3.05, 3.63) is 28.2 Å². The number of phenolic OH excluding ortho intramolecular Hbond substituents is 1. The smallest absolute Gasteiger partial charge is 0.320 e. The third-order valence-corrected chi connectivity index (χ3v) is 2.30. The van der Waals surface area contributed by atoms with Gasteiger partial charge < -0.3 is 15.9 Å². The zero-order chi connectivity index (χ0) is 10.7. The van der Waals surface area contributed by atoms with Gasteiger partial charge in [0.2, 0.25) is 0 Å². The molecule has 0 bridgehead atoms. The lowest BCUT2D eigenvalue weighted by Gasteiger charge is -2.08. The number of hydrogen-bond donors (Lipinski definition) is 3. The van der Waals surface area contributed by atoms with Crippen molar-refractivity contribution in [1.29, 1.82) is 0 Å². The Labute approximate surface area is 89.5 Å². The van der Waals surface area contributed by atoms with Gasteiger partial charge in [-0.3, -0.25) is 4.79 Å². The predicted molar refractivity (Wildman–Crippen MR) is 55.1 cm³/mol. The van der Waals surface area contributed by atoms with Gasteiger partial charge in [-0.15, -0.1) is 0 Å². The summed E-state index contributed by atoms with van der Waals surface area (Å²) in [5.41, 5.74) is 5.86. The Kier molecular flexibility index (Phi) is 3.49. The van der Waals surface area contributed by atoms with Crippen molar-refractivity contribution in [3.8, 4) is 5.75 Å². The van der Waals surface area contributed by atoms with Crippen molar-refractivity contribution in [1.82, 2.24) is 0 Å². The molecule has 0 amide bonds. The summed E-state index contributed by atoms with van der Waals surface area (Å²) in [5, 5.41) is 18.0. The van der Waals surface area contributed by atoms with Crippen LogP contribution in [0.1, 0.15) is 5.56 Å². The number of aromatic hydroxyl groups is 1. The van der Waals surface area contributed by atoms with E-state index >= 15 is 0 Å². The number of carbonyl (C=O) groups is 1. The number of halogens is 1. The standard InChI is InChI=1S/C9H10BrNO3/c10-6-2-1-5(8(12)4-6)3-7(11)9(13)14/h1-2,4,7,12H,3,11H2,(H,13,14). The molecule has 1 atom stereocenters. The van der Waals surface area contributed by atoms with E-state index in [-0.39, 0.29) is 12.2 Å². The number of hydrogen-bond acceptors (Lipinski definition) is 3. The first kappa shape index (κ1) is 11.0. The second kappa shape index (κ2) is 4.43. The van der Waals surface area contributed by atoms with Crippen molar-refractivity contribution in [3.63, 3.8) is 0 Å². The highest BCUT2D eigenvalue weighted by Gasteiger charge is 2.14. The van der Waals surface area contributed by atoms with E-state index < -0.39 is 12.0 Å². The van der Waals surface area contributed by atoms with E-state index in [1.165, 1.54) is 6.07 Å². The number of carboxylic acids is 1. The molecule has 0 heterocycles. The summed E-state index contributed by atoms with van der Waals surface area (Å²) in [6.07, 6.45) is 0.119. The van der Waals surface area contributed by atoms with Crippen molar-refractivity contribution < 1.29 is 15.0 Å². The average molecular weight is 260 g/mol. The number of carboxylic acid groups (broad SMARTS) is 1. The molecule has 0 saturated heterocycles. The first-order valence-corrected chi connectivity index (χ1v) is 4.76. The Hall–Kier alpha value is -1.07. The quantitative estimate of drug-likeness (QED) is 0.760. The van der Waals surface area contributed by atoms with Gasteiger partial charge in [0.15, 0.2) is 0 Å². The summed E-state index contributed by atoms with van der Waals surface area (Å²) in [4.78, 5) is 10.5. The van der Waals surface area contributed by atoms with Crippen LogP contribution in [0.15, 0.2) is 22.7 Å². The summed E-state index contributed by atoms with van der Waals surface area (Å²) in [6, 6.07) is 3.89. The highest BCUT2D eigenvalue weighted by molar-refractivity contribution is 9.10. The van der Waals surface area contributed by atoms with Gasteiger partial charge in [0.05, 0.1) is 0 Å². The van der Waals surface area contributed by atoms with Gasteiger partial charge in [-0.25, -0.2) is 0 Å². The van der Waals surface area contributed by atoms with E-state index in [1.807, 2.05) is 0 Å². The molecule has 0 radical (unpaired) electrons. The van der Waals surface area contributed by atoms with E-state index in [0.717, 1.165) is 4.47 Å². The summed E-state index contributed by atoms with van der Waals surface area (Å²) < 4.78 is 0.739. The predicted octanol–water partition coefficient (Wildman–Crippen LogP) is 1.11. The number of rotatable bonds is 3. The van der Waals surface area contributed by atoms with Crippen LogP contribution in [0.3, 0.4) is 0 Å². The Morgan fingerprint density at radius 2 is 2.21 bits per heavy atom. The SMILES string of the molecule is NC(Cc1ccc(Br)cc1O)C(=O)O. The number of nitrogens with two attached hydrogens (primary N) is 1. The Balaban J connectivity index is 2.82. The molecule has 1 aromatic rings. The normalized spacial score (nSPS) is 12.4. The fourth-order valence-corrected chi connectivity index (χ4v) is 1.38. The van der Waals surface area contributed by atoms with Crippen molar-refractivity contribution in [2.75, 3.05) is 0 Å². The molecule has 4 N–H and O–H groups in total. The minimum Gasteiger partial charge on any atom is -0.508 e. The molecule has 1 aromatic carbocycles. The van der Waals surface area contributed by atoms with Crippen LogP contribution >= 0.6 is 15.9 Å². The van der Waals surface area contributed by atoms with Crippen LogP contribution < -0.4 is 5.73 Å². The monoisotopic (exact) mass is 259 g/mol. The van der Waals surface area contributed by atoms with E-state index in [1.54, 1.807) is 12.1 Å². The molecule has 0 fully saturated rings. The first-order chi connectivity index (χ1) is 6.50. The fraction of sp³-hybridized carbons (Fsp3) is 0.222. The maximum atomic E-state index is 10.5. The number of phenols is 1. The topological polar surface area (TPSA) is 83.5 Å². The van der Waals surface area contributed by atoms with Gasteiger partial charge >= 0.3 is 5.97 Å². The van der Waals surface area contributed by atoms with Crippen LogP contribution in [-0.2, 0) is 11.2 Å². The molecule has 4 nitrogen and oxygen atoms in total. The molecule has 5 heteroatoms. The lowest BCUT2D eigenvalue weighted by atomic mass is 10.1. The summed E-state index contributed by atoms with van der Waals surface area (Å²) in [7, 11) is 0. The molecule has 0 aromatic heterocycles. The van der Waals surface area contributed by atoms with E-state index in [0.29, 0.717) is 5.56 Å². The summed E-state index contributed by atoms with van der Waals surface area (Å²) in [6.45, 7) is 0.